The Kier molecular flexibility index (Phi) is 3.51. The van der Waals surface area contributed by atoms with E-state index in [2.05, 4.69) is 13.2 Å². The summed E-state index contributed by atoms with van der Waals surface area (Å²) in [6, 6.07) is 0. The molecule has 2 nitrogen and oxygen atoms in total. The van der Waals surface area contributed by atoms with Crippen LogP contribution in [0.4, 0.5) is 0 Å². The average Bonchev–Trinajstić information content (AvgIpc) is 1.85. The molecule has 0 aromatic heterocycles. The van der Waals surface area contributed by atoms with Crippen molar-refractivity contribution in [2.45, 2.75) is 0 Å². The molecular weight excluding hydrogens is 152 g/mol. The van der Waals surface area contributed by atoms with Crippen LogP contribution in [0.15, 0.2) is 35.6 Å². The van der Waals surface area contributed by atoms with Gasteiger partial charge in [-0.25, -0.2) is 0 Å². The molecule has 0 unspecified atom stereocenters. The highest BCUT2D eigenvalue weighted by molar-refractivity contribution is 6.34. The molecular formula is C7H7ClO2. The molecule has 0 saturated carbocycles. The minimum atomic E-state index is -0.201. The summed E-state index contributed by atoms with van der Waals surface area (Å²) in [6.07, 6.45) is 1.65. The lowest BCUT2D eigenvalue weighted by atomic mass is 10.3. The first kappa shape index (κ1) is 8.98. The standard InChI is InChI=1S/C7H7ClO2/c1-5(4-9)7(8)3-6(2)10/h3-4,10H,1-2H2/b7-3+. The maximum Gasteiger partial charge on any atom is 0.150 e. The van der Waals surface area contributed by atoms with E-state index in [0.717, 1.165) is 6.08 Å². The van der Waals surface area contributed by atoms with Crippen LogP contribution >= 0.6 is 11.6 Å². The van der Waals surface area contributed by atoms with Gasteiger partial charge >= 0.3 is 0 Å². The highest BCUT2D eigenvalue weighted by Gasteiger charge is 1.96. The van der Waals surface area contributed by atoms with E-state index < -0.39 is 0 Å². The van der Waals surface area contributed by atoms with Crippen molar-refractivity contribution in [3.05, 3.63) is 35.6 Å². The summed E-state index contributed by atoms with van der Waals surface area (Å²) in [5, 5.41) is 8.65. The summed E-state index contributed by atoms with van der Waals surface area (Å²) in [5.74, 6) is -0.201. The Bertz CT molecular complexity index is 204. The van der Waals surface area contributed by atoms with Crippen LogP contribution in [-0.2, 0) is 4.79 Å². The molecule has 0 aliphatic rings. The Hall–Kier alpha value is -1.02. The van der Waals surface area contributed by atoms with Gasteiger partial charge in [-0.15, -0.1) is 0 Å². The predicted octanol–water partition coefficient (Wildman–Crippen LogP) is 1.94. The fraction of sp³-hybridized carbons (Fsp3) is 0. The third-order valence-corrected chi connectivity index (χ3v) is 1.09. The number of aliphatic hydroxyl groups excluding tert-OH is 1. The molecule has 3 heteroatoms. The molecule has 0 aliphatic carbocycles. The fourth-order valence-electron chi connectivity index (χ4n) is 0.295. The lowest BCUT2D eigenvalue weighted by Gasteiger charge is -1.92. The van der Waals surface area contributed by atoms with Crippen molar-refractivity contribution in [2.24, 2.45) is 0 Å². The molecule has 0 radical (unpaired) electrons. The number of rotatable bonds is 3. The zero-order valence-corrected chi connectivity index (χ0v) is 6.06. The summed E-state index contributed by atoms with van der Waals surface area (Å²) in [6.45, 7) is 6.46. The summed E-state index contributed by atoms with van der Waals surface area (Å²) >= 11 is 5.44. The number of aliphatic hydroxyl groups is 1. The Morgan fingerprint density at radius 1 is 1.50 bits per heavy atom. The Morgan fingerprint density at radius 3 is 2.30 bits per heavy atom. The highest BCUT2D eigenvalue weighted by atomic mass is 35.5. The smallest absolute Gasteiger partial charge is 0.150 e. The molecule has 1 N–H and O–H groups in total. The molecule has 0 bridgehead atoms. The van der Waals surface area contributed by atoms with Crippen molar-refractivity contribution in [2.75, 3.05) is 0 Å². The molecule has 0 rings (SSSR count). The lowest BCUT2D eigenvalue weighted by Crippen LogP contribution is -1.82. The van der Waals surface area contributed by atoms with Gasteiger partial charge in [-0.05, 0) is 6.08 Å². The van der Waals surface area contributed by atoms with E-state index in [9.17, 15) is 4.79 Å². The predicted molar refractivity (Wildman–Crippen MR) is 40.9 cm³/mol. The molecule has 0 aromatic carbocycles. The van der Waals surface area contributed by atoms with Gasteiger partial charge in [-0.3, -0.25) is 4.79 Å². The van der Waals surface area contributed by atoms with Crippen molar-refractivity contribution in [3.63, 3.8) is 0 Å². The summed E-state index contributed by atoms with van der Waals surface area (Å²) in [4.78, 5) is 9.99. The first-order valence-electron chi connectivity index (χ1n) is 2.47. The maximum absolute atomic E-state index is 9.99. The van der Waals surface area contributed by atoms with Gasteiger partial charge in [0.05, 0.1) is 5.03 Å². The third-order valence-electron chi connectivity index (χ3n) is 0.742. The minimum absolute atomic E-state index is 0.0995. The fourth-order valence-corrected chi connectivity index (χ4v) is 0.466. The molecule has 10 heavy (non-hydrogen) atoms. The topological polar surface area (TPSA) is 37.3 Å². The van der Waals surface area contributed by atoms with Gasteiger partial charge in [0.2, 0.25) is 0 Å². The van der Waals surface area contributed by atoms with Crippen LogP contribution in [0.1, 0.15) is 0 Å². The van der Waals surface area contributed by atoms with Crippen molar-refractivity contribution < 1.29 is 9.90 Å². The van der Waals surface area contributed by atoms with Gasteiger partial charge in [-0.1, -0.05) is 24.8 Å². The van der Waals surface area contributed by atoms with Crippen molar-refractivity contribution >= 4 is 17.9 Å². The quantitative estimate of drug-likeness (QED) is 0.295. The van der Waals surface area contributed by atoms with Gasteiger partial charge in [0.1, 0.15) is 5.76 Å². The second-order valence-corrected chi connectivity index (χ2v) is 2.03. The van der Waals surface area contributed by atoms with E-state index >= 15 is 0 Å². The van der Waals surface area contributed by atoms with Crippen LogP contribution < -0.4 is 0 Å². The molecule has 54 valence electrons. The molecule has 0 atom stereocenters. The van der Waals surface area contributed by atoms with Crippen LogP contribution in [0.2, 0.25) is 0 Å². The van der Waals surface area contributed by atoms with Crippen LogP contribution in [0.3, 0.4) is 0 Å². The van der Waals surface area contributed by atoms with Gasteiger partial charge in [0.15, 0.2) is 6.29 Å². The minimum Gasteiger partial charge on any atom is -0.509 e. The molecule has 0 saturated heterocycles. The van der Waals surface area contributed by atoms with E-state index in [4.69, 9.17) is 16.7 Å². The second kappa shape index (κ2) is 3.90. The van der Waals surface area contributed by atoms with E-state index in [1.807, 2.05) is 0 Å². The van der Waals surface area contributed by atoms with Crippen LogP contribution in [0.5, 0.6) is 0 Å². The lowest BCUT2D eigenvalue weighted by molar-refractivity contribution is -0.104. The number of halogens is 1. The number of hydrogen-bond donors (Lipinski definition) is 1. The first-order valence-corrected chi connectivity index (χ1v) is 2.85. The number of hydrogen-bond acceptors (Lipinski definition) is 2. The SMILES string of the molecule is C=C(O)/C=C(/Cl)C(=C)C=O. The summed E-state index contributed by atoms with van der Waals surface area (Å²) < 4.78 is 0. The normalized spacial score (nSPS) is 10.7. The molecule has 0 fully saturated rings. The van der Waals surface area contributed by atoms with Gasteiger partial charge in [0.25, 0.3) is 0 Å². The van der Waals surface area contributed by atoms with Crippen molar-refractivity contribution in [1.29, 1.82) is 0 Å². The largest absolute Gasteiger partial charge is 0.509 e. The number of carbonyl (C=O) groups excluding carboxylic acids is 1. The zero-order chi connectivity index (χ0) is 8.15. The molecule has 0 aromatic rings. The average molecular weight is 159 g/mol. The number of carbonyl (C=O) groups is 1. The highest BCUT2D eigenvalue weighted by Crippen LogP contribution is 2.11. The van der Waals surface area contributed by atoms with Crippen LogP contribution in [0.25, 0.3) is 0 Å². The monoisotopic (exact) mass is 158 g/mol. The van der Waals surface area contributed by atoms with E-state index in [0.29, 0.717) is 6.29 Å². The van der Waals surface area contributed by atoms with Gasteiger partial charge in [-0.2, -0.15) is 0 Å². The maximum atomic E-state index is 9.99. The molecule has 0 spiro atoms. The van der Waals surface area contributed by atoms with Gasteiger partial charge in [0, 0.05) is 5.57 Å². The summed E-state index contributed by atoms with van der Waals surface area (Å²) in [7, 11) is 0. The van der Waals surface area contributed by atoms with Crippen LogP contribution in [0, 0.1) is 0 Å². The van der Waals surface area contributed by atoms with E-state index in [1.54, 1.807) is 0 Å². The number of allylic oxidation sites excluding steroid dienone is 3. The summed E-state index contributed by atoms with van der Waals surface area (Å²) in [5.41, 5.74) is 0.122. The van der Waals surface area contributed by atoms with Crippen LogP contribution in [-0.4, -0.2) is 11.4 Å². The van der Waals surface area contributed by atoms with Crippen molar-refractivity contribution in [3.8, 4) is 0 Å². The third kappa shape index (κ3) is 3.10. The number of aldehydes is 1. The Balaban J connectivity index is 4.33. The zero-order valence-electron chi connectivity index (χ0n) is 5.30. The van der Waals surface area contributed by atoms with Gasteiger partial charge < -0.3 is 5.11 Å². The Labute approximate surface area is 64.1 Å². The molecule has 0 amide bonds. The Morgan fingerprint density at radius 2 is 2.00 bits per heavy atom. The molecule has 0 heterocycles. The van der Waals surface area contributed by atoms with E-state index in [1.165, 1.54) is 0 Å². The molecule has 0 aliphatic heterocycles. The second-order valence-electron chi connectivity index (χ2n) is 1.63. The van der Waals surface area contributed by atoms with Crippen molar-refractivity contribution in [1.82, 2.24) is 0 Å². The van der Waals surface area contributed by atoms with E-state index in [-0.39, 0.29) is 16.4 Å². The first-order chi connectivity index (χ1) is 4.57.